The topological polar surface area (TPSA) is 29.1 Å². The number of carbonyl (C=O) groups is 1. The number of hydrogen-bond donors (Lipinski definition) is 1. The first kappa shape index (κ1) is 11.0. The second kappa shape index (κ2) is 5.63. The van der Waals surface area contributed by atoms with Gasteiger partial charge in [-0.3, -0.25) is 4.79 Å². The van der Waals surface area contributed by atoms with Crippen LogP contribution in [0.15, 0.2) is 0 Å². The molecule has 0 aliphatic heterocycles. The number of carbonyl (C=O) groups excluding carboxylic acids is 1. The minimum Gasteiger partial charge on any atom is -0.353 e. The van der Waals surface area contributed by atoms with Gasteiger partial charge >= 0.3 is 0 Å². The van der Waals surface area contributed by atoms with E-state index in [0.29, 0.717) is 12.0 Å². The summed E-state index contributed by atoms with van der Waals surface area (Å²) < 4.78 is 0. The van der Waals surface area contributed by atoms with E-state index >= 15 is 0 Å². The van der Waals surface area contributed by atoms with Crippen LogP contribution in [-0.4, -0.2) is 17.3 Å². The molecule has 76 valence electrons. The van der Waals surface area contributed by atoms with Crippen molar-refractivity contribution >= 4 is 21.8 Å². The van der Waals surface area contributed by atoms with Crippen LogP contribution >= 0.6 is 15.9 Å². The molecule has 2 nitrogen and oxygen atoms in total. The first-order valence-corrected chi connectivity index (χ1v) is 6.22. The average Bonchev–Trinajstić information content (AvgIpc) is 2.55. The summed E-state index contributed by atoms with van der Waals surface area (Å²) in [6, 6.07) is 0.312. The van der Waals surface area contributed by atoms with Crippen molar-refractivity contribution in [2.75, 3.05) is 5.33 Å². The highest BCUT2D eigenvalue weighted by Crippen LogP contribution is 2.24. The molecule has 0 aromatic heterocycles. The number of hydrogen-bond acceptors (Lipinski definition) is 1. The molecule has 0 saturated heterocycles. The lowest BCUT2D eigenvalue weighted by Gasteiger charge is -2.15. The quantitative estimate of drug-likeness (QED) is 0.761. The summed E-state index contributed by atoms with van der Waals surface area (Å²) in [4.78, 5) is 11.6. The predicted octanol–water partition coefficient (Wildman–Crippen LogP) is 2.47. The van der Waals surface area contributed by atoms with E-state index < -0.39 is 0 Å². The first-order chi connectivity index (χ1) is 6.24. The van der Waals surface area contributed by atoms with Gasteiger partial charge in [0.2, 0.25) is 5.91 Å². The molecule has 1 N–H and O–H groups in total. The third-order valence-electron chi connectivity index (χ3n) is 2.66. The number of nitrogens with one attached hydrogen (secondary N) is 1. The largest absolute Gasteiger partial charge is 0.353 e. The summed E-state index contributed by atoms with van der Waals surface area (Å²) in [5.41, 5.74) is 0. The molecule has 0 aromatic carbocycles. The van der Waals surface area contributed by atoms with Gasteiger partial charge in [0.25, 0.3) is 0 Å². The van der Waals surface area contributed by atoms with E-state index in [0.717, 1.165) is 24.6 Å². The van der Waals surface area contributed by atoms with Crippen molar-refractivity contribution in [3.05, 3.63) is 0 Å². The van der Waals surface area contributed by atoms with E-state index in [1.807, 2.05) is 0 Å². The second-order valence-electron chi connectivity index (χ2n) is 3.87. The maximum atomic E-state index is 11.6. The van der Waals surface area contributed by atoms with Gasteiger partial charge in [0.05, 0.1) is 0 Å². The van der Waals surface area contributed by atoms with Gasteiger partial charge in [0.15, 0.2) is 0 Å². The molecule has 0 bridgehead atoms. The maximum absolute atomic E-state index is 11.6. The zero-order chi connectivity index (χ0) is 9.68. The lowest BCUT2D eigenvalue weighted by atomic mass is 10.1. The fourth-order valence-electron chi connectivity index (χ4n) is 1.78. The van der Waals surface area contributed by atoms with Gasteiger partial charge in [-0.15, -0.1) is 0 Å². The molecule has 0 radical (unpaired) electrons. The molecule has 1 unspecified atom stereocenters. The maximum Gasteiger partial charge on any atom is 0.223 e. The standard InChI is InChI=1S/C10H18BrNO/c1-8(6-7-11)12-10(13)9-4-2-3-5-9/h8-9H,2-7H2,1H3,(H,12,13). The molecule has 1 amide bonds. The Bertz CT molecular complexity index is 166. The predicted molar refractivity (Wildman–Crippen MR) is 58.0 cm³/mol. The van der Waals surface area contributed by atoms with Gasteiger partial charge in [0.1, 0.15) is 0 Å². The van der Waals surface area contributed by atoms with Crippen LogP contribution in [0.4, 0.5) is 0 Å². The Labute approximate surface area is 88.6 Å². The van der Waals surface area contributed by atoms with E-state index in [2.05, 4.69) is 28.2 Å². The minimum absolute atomic E-state index is 0.269. The first-order valence-electron chi connectivity index (χ1n) is 5.10. The van der Waals surface area contributed by atoms with E-state index in [-0.39, 0.29) is 5.91 Å². The minimum atomic E-state index is 0.269. The van der Waals surface area contributed by atoms with Crippen molar-refractivity contribution in [1.82, 2.24) is 5.32 Å². The van der Waals surface area contributed by atoms with Crippen molar-refractivity contribution in [2.45, 2.75) is 45.1 Å². The van der Waals surface area contributed by atoms with E-state index in [1.165, 1.54) is 12.8 Å². The smallest absolute Gasteiger partial charge is 0.223 e. The summed E-state index contributed by atoms with van der Waals surface area (Å²) in [6.07, 6.45) is 5.65. The number of amides is 1. The molecule has 3 heteroatoms. The lowest BCUT2D eigenvalue weighted by molar-refractivity contribution is -0.125. The molecule has 0 heterocycles. The van der Waals surface area contributed by atoms with Crippen molar-refractivity contribution in [3.63, 3.8) is 0 Å². The van der Waals surface area contributed by atoms with Gasteiger partial charge in [-0.05, 0) is 26.2 Å². The Morgan fingerprint density at radius 3 is 2.69 bits per heavy atom. The molecule has 1 fully saturated rings. The second-order valence-corrected chi connectivity index (χ2v) is 4.66. The van der Waals surface area contributed by atoms with Gasteiger partial charge in [-0.25, -0.2) is 0 Å². The van der Waals surface area contributed by atoms with Crippen LogP contribution in [0.2, 0.25) is 0 Å². The Kier molecular flexibility index (Phi) is 4.78. The Hall–Kier alpha value is -0.0500. The van der Waals surface area contributed by atoms with Gasteiger partial charge in [0, 0.05) is 17.3 Å². The van der Waals surface area contributed by atoms with E-state index in [4.69, 9.17) is 0 Å². The van der Waals surface area contributed by atoms with E-state index in [9.17, 15) is 4.79 Å². The summed E-state index contributed by atoms with van der Waals surface area (Å²) in [5, 5.41) is 4.01. The van der Waals surface area contributed by atoms with Crippen molar-refractivity contribution in [3.8, 4) is 0 Å². The molecule has 0 aromatic rings. The van der Waals surface area contributed by atoms with Crippen LogP contribution in [0.5, 0.6) is 0 Å². The third kappa shape index (κ3) is 3.67. The fourth-order valence-corrected chi connectivity index (χ4v) is 2.47. The molecule has 1 aliphatic rings. The summed E-state index contributed by atoms with van der Waals surface area (Å²) >= 11 is 3.37. The number of alkyl halides is 1. The Balaban J connectivity index is 2.23. The van der Waals surface area contributed by atoms with Crippen molar-refractivity contribution in [2.24, 2.45) is 5.92 Å². The Morgan fingerprint density at radius 2 is 2.15 bits per heavy atom. The summed E-state index contributed by atoms with van der Waals surface area (Å²) in [5.74, 6) is 0.573. The number of rotatable bonds is 4. The normalized spacial score (nSPS) is 20.2. The molecule has 1 aliphatic carbocycles. The average molecular weight is 248 g/mol. The summed E-state index contributed by atoms with van der Waals surface area (Å²) in [6.45, 7) is 2.06. The van der Waals surface area contributed by atoms with Crippen molar-refractivity contribution in [1.29, 1.82) is 0 Å². The number of halogens is 1. The van der Waals surface area contributed by atoms with Crippen LogP contribution < -0.4 is 5.32 Å². The highest BCUT2D eigenvalue weighted by Gasteiger charge is 2.23. The van der Waals surface area contributed by atoms with Gasteiger partial charge in [-0.1, -0.05) is 28.8 Å². The molecular weight excluding hydrogens is 230 g/mol. The van der Waals surface area contributed by atoms with E-state index in [1.54, 1.807) is 0 Å². The third-order valence-corrected chi connectivity index (χ3v) is 3.11. The fraction of sp³-hybridized carbons (Fsp3) is 0.900. The van der Waals surface area contributed by atoms with Gasteiger partial charge in [-0.2, -0.15) is 0 Å². The van der Waals surface area contributed by atoms with Crippen LogP contribution in [0, 0.1) is 5.92 Å². The molecule has 1 saturated carbocycles. The zero-order valence-electron chi connectivity index (χ0n) is 8.18. The SMILES string of the molecule is CC(CCBr)NC(=O)C1CCCC1. The zero-order valence-corrected chi connectivity index (χ0v) is 9.77. The molecular formula is C10H18BrNO. The molecule has 1 atom stereocenters. The molecule has 0 spiro atoms. The monoisotopic (exact) mass is 247 g/mol. The van der Waals surface area contributed by atoms with Gasteiger partial charge < -0.3 is 5.32 Å². The molecule has 1 rings (SSSR count). The van der Waals surface area contributed by atoms with Crippen molar-refractivity contribution < 1.29 is 4.79 Å². The highest BCUT2D eigenvalue weighted by molar-refractivity contribution is 9.09. The van der Waals surface area contributed by atoms with Crippen LogP contribution in [0.25, 0.3) is 0 Å². The van der Waals surface area contributed by atoms with Crippen LogP contribution in [0.1, 0.15) is 39.0 Å². The van der Waals surface area contributed by atoms with Crippen LogP contribution in [0.3, 0.4) is 0 Å². The molecule has 13 heavy (non-hydrogen) atoms. The highest BCUT2D eigenvalue weighted by atomic mass is 79.9. The van der Waals surface area contributed by atoms with Crippen LogP contribution in [-0.2, 0) is 4.79 Å². The lowest BCUT2D eigenvalue weighted by Crippen LogP contribution is -2.36. The summed E-state index contributed by atoms with van der Waals surface area (Å²) in [7, 11) is 0. The Morgan fingerprint density at radius 1 is 1.54 bits per heavy atom.